The van der Waals surface area contributed by atoms with Crippen molar-refractivity contribution in [2.24, 2.45) is 5.16 Å². The second-order valence-corrected chi connectivity index (χ2v) is 5.98. The largest absolute Gasteiger partial charge is 0.468 e. The Labute approximate surface area is 126 Å². The highest BCUT2D eigenvalue weighted by atomic mass is 16.6. The van der Waals surface area contributed by atoms with Gasteiger partial charge in [-0.15, -0.1) is 0 Å². The molecule has 3 rings (SSSR count). The van der Waals surface area contributed by atoms with Crippen LogP contribution < -0.4 is 5.32 Å². The first-order chi connectivity index (χ1) is 10.3. The number of hydrogen-bond acceptors (Lipinski definition) is 5. The predicted molar refractivity (Wildman–Crippen MR) is 82.2 cm³/mol. The molecular formula is C16H25N3O2. The number of likely N-dealkylation sites (tertiary alicyclic amines) is 1. The Morgan fingerprint density at radius 1 is 1.38 bits per heavy atom. The lowest BCUT2D eigenvalue weighted by atomic mass is 10.0. The van der Waals surface area contributed by atoms with Gasteiger partial charge in [-0.05, 0) is 31.4 Å². The fraction of sp³-hybridized carbons (Fsp3) is 0.688. The van der Waals surface area contributed by atoms with Crippen LogP contribution in [0.5, 0.6) is 0 Å². The smallest absolute Gasteiger partial charge is 0.145 e. The molecule has 2 aliphatic heterocycles. The topological polar surface area (TPSA) is 50.0 Å². The van der Waals surface area contributed by atoms with E-state index in [2.05, 4.69) is 22.3 Å². The Bertz CT molecular complexity index is 450. The minimum Gasteiger partial charge on any atom is -0.468 e. The van der Waals surface area contributed by atoms with Crippen LogP contribution in [0.2, 0.25) is 0 Å². The molecule has 0 aliphatic carbocycles. The van der Waals surface area contributed by atoms with Gasteiger partial charge in [-0.25, -0.2) is 0 Å². The molecule has 0 aromatic carbocycles. The van der Waals surface area contributed by atoms with Crippen LogP contribution >= 0.6 is 0 Å². The molecule has 0 saturated carbocycles. The Morgan fingerprint density at radius 3 is 2.90 bits per heavy atom. The molecule has 0 amide bonds. The van der Waals surface area contributed by atoms with Crippen molar-refractivity contribution in [1.82, 2.24) is 10.2 Å². The van der Waals surface area contributed by atoms with Gasteiger partial charge in [-0.2, -0.15) is 0 Å². The standard InChI is InChI=1S/C16H25N3O2/c1-2-13-10-16(21-18-13)11-17-14-5-7-19(8-6-14)12-15-4-3-9-20-15/h3-4,9,14,16-17H,2,5-8,10-12H2,1H3. The Hall–Kier alpha value is -1.33. The number of hydrogen-bond donors (Lipinski definition) is 1. The highest BCUT2D eigenvalue weighted by Gasteiger charge is 2.23. The summed E-state index contributed by atoms with van der Waals surface area (Å²) in [6, 6.07) is 4.61. The molecule has 21 heavy (non-hydrogen) atoms. The maximum atomic E-state index is 5.44. The average molecular weight is 291 g/mol. The fourth-order valence-corrected chi connectivity index (χ4v) is 3.02. The maximum absolute atomic E-state index is 5.44. The number of nitrogens with one attached hydrogen (secondary N) is 1. The molecule has 5 nitrogen and oxygen atoms in total. The van der Waals surface area contributed by atoms with E-state index in [-0.39, 0.29) is 6.10 Å². The van der Waals surface area contributed by atoms with Gasteiger partial charge in [0.15, 0.2) is 0 Å². The third kappa shape index (κ3) is 4.08. The molecule has 1 aromatic heterocycles. The second kappa shape index (κ2) is 7.09. The summed E-state index contributed by atoms with van der Waals surface area (Å²) in [5.74, 6) is 1.06. The van der Waals surface area contributed by atoms with Gasteiger partial charge >= 0.3 is 0 Å². The average Bonchev–Trinajstić information content (AvgIpc) is 3.18. The molecule has 0 radical (unpaired) electrons. The number of furan rings is 1. The number of rotatable bonds is 6. The number of nitrogens with zero attached hydrogens (tertiary/aromatic N) is 2. The lowest BCUT2D eigenvalue weighted by Crippen LogP contribution is -2.44. The third-order valence-electron chi connectivity index (χ3n) is 4.38. The minimum atomic E-state index is 0.237. The van der Waals surface area contributed by atoms with Crippen LogP contribution in [0.1, 0.15) is 38.4 Å². The van der Waals surface area contributed by atoms with E-state index in [1.807, 2.05) is 12.1 Å². The van der Waals surface area contributed by atoms with Crippen LogP contribution in [0.25, 0.3) is 0 Å². The first kappa shape index (κ1) is 14.6. The quantitative estimate of drug-likeness (QED) is 0.874. The number of oxime groups is 1. The van der Waals surface area contributed by atoms with Crippen molar-refractivity contribution in [1.29, 1.82) is 0 Å². The van der Waals surface area contributed by atoms with Gasteiger partial charge < -0.3 is 14.6 Å². The summed E-state index contributed by atoms with van der Waals surface area (Å²) in [7, 11) is 0. The van der Waals surface area contributed by atoms with Crippen molar-refractivity contribution in [3.8, 4) is 0 Å². The van der Waals surface area contributed by atoms with E-state index in [0.717, 1.165) is 44.8 Å². The molecule has 2 aliphatic rings. The predicted octanol–water partition coefficient (Wildman–Crippen LogP) is 2.39. The van der Waals surface area contributed by atoms with Crippen LogP contribution in [-0.4, -0.2) is 42.4 Å². The van der Waals surface area contributed by atoms with E-state index in [1.54, 1.807) is 6.26 Å². The zero-order chi connectivity index (χ0) is 14.5. The first-order valence-electron chi connectivity index (χ1n) is 8.03. The zero-order valence-electron chi connectivity index (χ0n) is 12.8. The van der Waals surface area contributed by atoms with Crippen molar-refractivity contribution in [3.05, 3.63) is 24.2 Å². The maximum Gasteiger partial charge on any atom is 0.145 e. The summed E-state index contributed by atoms with van der Waals surface area (Å²) in [5, 5.41) is 7.75. The van der Waals surface area contributed by atoms with Crippen molar-refractivity contribution < 1.29 is 9.25 Å². The van der Waals surface area contributed by atoms with Crippen molar-refractivity contribution >= 4 is 5.71 Å². The van der Waals surface area contributed by atoms with Crippen LogP contribution in [-0.2, 0) is 11.4 Å². The third-order valence-corrected chi connectivity index (χ3v) is 4.38. The molecule has 1 saturated heterocycles. The molecule has 5 heteroatoms. The van der Waals surface area contributed by atoms with Gasteiger partial charge in [0.2, 0.25) is 0 Å². The minimum absolute atomic E-state index is 0.237. The van der Waals surface area contributed by atoms with Crippen LogP contribution in [0.4, 0.5) is 0 Å². The highest BCUT2D eigenvalue weighted by Crippen LogP contribution is 2.16. The van der Waals surface area contributed by atoms with Crippen LogP contribution in [0.3, 0.4) is 0 Å². The van der Waals surface area contributed by atoms with Gasteiger partial charge in [0, 0.05) is 32.1 Å². The first-order valence-corrected chi connectivity index (χ1v) is 8.03. The summed E-state index contributed by atoms with van der Waals surface area (Å²) < 4.78 is 5.41. The van der Waals surface area contributed by atoms with Crippen molar-refractivity contribution in [2.75, 3.05) is 19.6 Å². The highest BCUT2D eigenvalue weighted by molar-refractivity contribution is 5.85. The van der Waals surface area contributed by atoms with E-state index >= 15 is 0 Å². The molecule has 1 N–H and O–H groups in total. The van der Waals surface area contributed by atoms with E-state index in [4.69, 9.17) is 9.25 Å². The Balaban J connectivity index is 1.33. The summed E-state index contributed by atoms with van der Waals surface area (Å²) in [6.45, 7) is 6.23. The summed E-state index contributed by atoms with van der Waals surface area (Å²) in [5.41, 5.74) is 1.19. The van der Waals surface area contributed by atoms with Gasteiger partial charge in [-0.3, -0.25) is 4.90 Å². The molecule has 0 spiro atoms. The molecule has 1 atom stereocenters. The van der Waals surface area contributed by atoms with Crippen LogP contribution in [0.15, 0.2) is 28.0 Å². The monoisotopic (exact) mass is 291 g/mol. The molecular weight excluding hydrogens is 266 g/mol. The molecule has 0 bridgehead atoms. The van der Waals surface area contributed by atoms with Crippen LogP contribution in [0, 0.1) is 0 Å². The van der Waals surface area contributed by atoms with Gasteiger partial charge in [-0.1, -0.05) is 12.1 Å². The van der Waals surface area contributed by atoms with E-state index in [0.29, 0.717) is 6.04 Å². The molecule has 3 heterocycles. The van der Waals surface area contributed by atoms with Crippen molar-refractivity contribution in [2.45, 2.75) is 51.3 Å². The summed E-state index contributed by atoms with van der Waals surface area (Å²) >= 11 is 0. The Kier molecular flexibility index (Phi) is 4.93. The molecule has 1 fully saturated rings. The van der Waals surface area contributed by atoms with Gasteiger partial charge in [0.1, 0.15) is 11.9 Å². The van der Waals surface area contributed by atoms with E-state index in [1.165, 1.54) is 18.6 Å². The molecule has 116 valence electrons. The zero-order valence-corrected chi connectivity index (χ0v) is 12.8. The lowest BCUT2D eigenvalue weighted by molar-refractivity contribution is 0.0786. The van der Waals surface area contributed by atoms with E-state index < -0.39 is 0 Å². The van der Waals surface area contributed by atoms with Crippen molar-refractivity contribution in [3.63, 3.8) is 0 Å². The van der Waals surface area contributed by atoms with Gasteiger partial charge in [0.25, 0.3) is 0 Å². The Morgan fingerprint density at radius 2 is 2.24 bits per heavy atom. The summed E-state index contributed by atoms with van der Waals surface area (Å²) in [6.07, 6.45) is 6.35. The number of piperidine rings is 1. The lowest BCUT2D eigenvalue weighted by Gasteiger charge is -2.32. The summed E-state index contributed by atoms with van der Waals surface area (Å²) in [4.78, 5) is 7.90. The van der Waals surface area contributed by atoms with Gasteiger partial charge in [0.05, 0.1) is 18.5 Å². The SMILES string of the molecule is CCC1=NOC(CNC2CCN(Cc3ccco3)CC2)C1. The normalized spacial score (nSPS) is 24.0. The van der Waals surface area contributed by atoms with E-state index in [9.17, 15) is 0 Å². The second-order valence-electron chi connectivity index (χ2n) is 5.98. The molecule has 1 aromatic rings. The molecule has 1 unspecified atom stereocenters. The fourth-order valence-electron chi connectivity index (χ4n) is 3.02.